The molecule has 7 heteroatoms. The molecular formula is C25H30N2O4S. The molecule has 2 amide bonds. The molecule has 1 atom stereocenters. The van der Waals surface area contributed by atoms with Gasteiger partial charge in [0.25, 0.3) is 11.8 Å². The standard InChI is InChI=1S/C25H30N2O4S/c1-15(2)22(25(30)31-3)26-23(28)18-8-9-19-14-27(11-10-16(19)12-18)24(29)21-13-17-6-4-5-7-20(17)32-21/h8-9,12-13,15,22H,4-7,10-11,14H2,1-3H3,(H,26,28)/t22-/m1/s1. The number of esters is 1. The number of aryl methyl sites for hydroxylation is 2. The number of carbonyl (C=O) groups is 3. The van der Waals surface area contributed by atoms with Crippen LogP contribution in [0, 0.1) is 5.92 Å². The second-order valence-electron chi connectivity index (χ2n) is 8.94. The van der Waals surface area contributed by atoms with Gasteiger partial charge in [-0.25, -0.2) is 4.79 Å². The highest BCUT2D eigenvalue weighted by Crippen LogP contribution is 2.31. The van der Waals surface area contributed by atoms with Crippen molar-refractivity contribution in [1.29, 1.82) is 0 Å². The molecule has 2 aliphatic rings. The molecular weight excluding hydrogens is 424 g/mol. The SMILES string of the molecule is COC(=O)[C@H](NC(=O)c1ccc2c(c1)CCN(C(=O)c1cc3c(s1)CCCC3)C2)C(C)C. The number of amides is 2. The van der Waals surface area contributed by atoms with Crippen LogP contribution in [-0.2, 0) is 35.3 Å². The molecule has 1 aromatic carbocycles. The third kappa shape index (κ3) is 4.58. The van der Waals surface area contributed by atoms with Crippen molar-refractivity contribution in [3.63, 3.8) is 0 Å². The van der Waals surface area contributed by atoms with Crippen LogP contribution in [-0.4, -0.2) is 42.4 Å². The number of nitrogens with one attached hydrogen (secondary N) is 1. The largest absolute Gasteiger partial charge is 0.467 e. The van der Waals surface area contributed by atoms with Crippen molar-refractivity contribution >= 4 is 29.1 Å². The Morgan fingerprint density at radius 3 is 2.53 bits per heavy atom. The van der Waals surface area contributed by atoms with Crippen LogP contribution in [0.1, 0.15) is 68.3 Å². The highest BCUT2D eigenvalue weighted by Gasteiger charge is 2.28. The molecule has 170 valence electrons. The van der Waals surface area contributed by atoms with E-state index in [2.05, 4.69) is 11.4 Å². The van der Waals surface area contributed by atoms with Gasteiger partial charge in [-0.05, 0) is 72.9 Å². The third-order valence-electron chi connectivity index (χ3n) is 6.38. The molecule has 2 aromatic rings. The van der Waals surface area contributed by atoms with Crippen LogP contribution < -0.4 is 5.32 Å². The lowest BCUT2D eigenvalue weighted by Gasteiger charge is -2.29. The number of thiophene rings is 1. The molecule has 6 nitrogen and oxygen atoms in total. The molecule has 1 aliphatic carbocycles. The predicted octanol–water partition coefficient (Wildman–Crippen LogP) is 3.75. The molecule has 0 saturated heterocycles. The maximum Gasteiger partial charge on any atom is 0.328 e. The Bertz CT molecular complexity index is 1020. The minimum Gasteiger partial charge on any atom is -0.467 e. The summed E-state index contributed by atoms with van der Waals surface area (Å²) >= 11 is 1.65. The number of hydrogen-bond donors (Lipinski definition) is 1. The average molecular weight is 455 g/mol. The lowest BCUT2D eigenvalue weighted by atomic mass is 9.96. The summed E-state index contributed by atoms with van der Waals surface area (Å²) in [6.45, 7) is 4.92. The van der Waals surface area contributed by atoms with E-state index < -0.39 is 12.0 Å². The van der Waals surface area contributed by atoms with Crippen LogP contribution in [0.4, 0.5) is 0 Å². The Hall–Kier alpha value is -2.67. The molecule has 1 aliphatic heterocycles. The van der Waals surface area contributed by atoms with Crippen molar-refractivity contribution in [2.45, 2.75) is 58.5 Å². The fourth-order valence-corrected chi connectivity index (χ4v) is 5.69. The number of benzene rings is 1. The first-order valence-corrected chi connectivity index (χ1v) is 12.1. The van der Waals surface area contributed by atoms with E-state index in [1.165, 1.54) is 30.4 Å². The van der Waals surface area contributed by atoms with Crippen molar-refractivity contribution in [2.75, 3.05) is 13.7 Å². The summed E-state index contributed by atoms with van der Waals surface area (Å²) in [5.74, 6) is -0.712. The topological polar surface area (TPSA) is 75.7 Å². The highest BCUT2D eigenvalue weighted by atomic mass is 32.1. The molecule has 1 N–H and O–H groups in total. The second-order valence-corrected chi connectivity index (χ2v) is 10.1. The minimum atomic E-state index is -0.687. The van der Waals surface area contributed by atoms with Gasteiger partial charge in [-0.2, -0.15) is 0 Å². The van der Waals surface area contributed by atoms with Crippen molar-refractivity contribution < 1.29 is 19.1 Å². The maximum absolute atomic E-state index is 13.1. The van der Waals surface area contributed by atoms with Gasteiger partial charge in [0, 0.05) is 23.5 Å². The van der Waals surface area contributed by atoms with E-state index in [1.807, 2.05) is 30.9 Å². The molecule has 0 bridgehead atoms. The quantitative estimate of drug-likeness (QED) is 0.698. The summed E-state index contributed by atoms with van der Waals surface area (Å²) < 4.78 is 4.81. The van der Waals surface area contributed by atoms with E-state index >= 15 is 0 Å². The summed E-state index contributed by atoms with van der Waals surface area (Å²) in [7, 11) is 1.32. The normalized spacial score (nSPS) is 16.2. The molecule has 4 rings (SSSR count). The summed E-state index contributed by atoms with van der Waals surface area (Å²) in [5, 5.41) is 2.79. The first-order valence-electron chi connectivity index (χ1n) is 11.3. The minimum absolute atomic E-state index is 0.0773. The number of methoxy groups -OCH3 is 1. The number of nitrogens with zero attached hydrogens (tertiary/aromatic N) is 1. The van der Waals surface area contributed by atoms with Gasteiger partial charge in [0.05, 0.1) is 12.0 Å². The fraction of sp³-hybridized carbons (Fsp3) is 0.480. The van der Waals surface area contributed by atoms with E-state index in [0.717, 1.165) is 28.8 Å². The molecule has 1 aromatic heterocycles. The Morgan fingerprint density at radius 1 is 1.03 bits per heavy atom. The van der Waals surface area contributed by atoms with Gasteiger partial charge < -0.3 is 15.0 Å². The van der Waals surface area contributed by atoms with Gasteiger partial charge in [0.1, 0.15) is 6.04 Å². The summed E-state index contributed by atoms with van der Waals surface area (Å²) in [5.41, 5.74) is 4.01. The van der Waals surface area contributed by atoms with Crippen LogP contribution >= 0.6 is 11.3 Å². The first kappa shape index (κ1) is 22.5. The second kappa shape index (κ2) is 9.45. The monoisotopic (exact) mass is 454 g/mol. The number of carbonyl (C=O) groups excluding carboxylic acids is 3. The molecule has 0 spiro atoms. The highest BCUT2D eigenvalue weighted by molar-refractivity contribution is 7.14. The van der Waals surface area contributed by atoms with E-state index in [4.69, 9.17) is 4.74 Å². The molecule has 0 saturated carbocycles. The Morgan fingerprint density at radius 2 is 1.81 bits per heavy atom. The van der Waals surface area contributed by atoms with Crippen molar-refractivity contribution in [2.24, 2.45) is 5.92 Å². The maximum atomic E-state index is 13.1. The van der Waals surface area contributed by atoms with E-state index in [1.54, 1.807) is 17.4 Å². The smallest absolute Gasteiger partial charge is 0.328 e. The van der Waals surface area contributed by atoms with E-state index in [9.17, 15) is 14.4 Å². The van der Waals surface area contributed by atoms with Gasteiger partial charge in [0.2, 0.25) is 0 Å². The van der Waals surface area contributed by atoms with Crippen molar-refractivity contribution in [3.8, 4) is 0 Å². The zero-order chi connectivity index (χ0) is 22.8. The lowest BCUT2D eigenvalue weighted by molar-refractivity contribution is -0.144. The van der Waals surface area contributed by atoms with Gasteiger partial charge >= 0.3 is 5.97 Å². The zero-order valence-corrected chi connectivity index (χ0v) is 19.7. The van der Waals surface area contributed by atoms with Gasteiger partial charge in [0.15, 0.2) is 0 Å². The number of hydrogen-bond acceptors (Lipinski definition) is 5. The Balaban J connectivity index is 1.45. The molecule has 0 unspecified atom stereocenters. The van der Waals surface area contributed by atoms with Gasteiger partial charge in [-0.15, -0.1) is 11.3 Å². The van der Waals surface area contributed by atoms with Crippen LogP contribution in [0.5, 0.6) is 0 Å². The number of rotatable bonds is 5. The summed E-state index contributed by atoms with van der Waals surface area (Å²) in [6, 6.07) is 6.97. The van der Waals surface area contributed by atoms with Gasteiger partial charge in [-0.1, -0.05) is 19.9 Å². The molecule has 0 radical (unpaired) electrons. The first-order chi connectivity index (χ1) is 15.4. The molecule has 0 fully saturated rings. The average Bonchev–Trinajstić information content (AvgIpc) is 3.24. The zero-order valence-electron chi connectivity index (χ0n) is 18.9. The Labute approximate surface area is 192 Å². The van der Waals surface area contributed by atoms with E-state index in [0.29, 0.717) is 25.1 Å². The lowest BCUT2D eigenvalue weighted by Crippen LogP contribution is -2.45. The number of ether oxygens (including phenoxy) is 1. The number of fused-ring (bicyclic) bond motifs is 2. The molecule has 32 heavy (non-hydrogen) atoms. The van der Waals surface area contributed by atoms with Crippen molar-refractivity contribution in [1.82, 2.24) is 10.2 Å². The van der Waals surface area contributed by atoms with Crippen LogP contribution in [0.2, 0.25) is 0 Å². The fourth-order valence-electron chi connectivity index (χ4n) is 4.47. The van der Waals surface area contributed by atoms with Crippen LogP contribution in [0.15, 0.2) is 24.3 Å². The summed E-state index contributed by atoms with van der Waals surface area (Å²) in [6.07, 6.45) is 5.31. The Kier molecular flexibility index (Phi) is 6.65. The van der Waals surface area contributed by atoms with Crippen LogP contribution in [0.25, 0.3) is 0 Å². The van der Waals surface area contributed by atoms with Crippen LogP contribution in [0.3, 0.4) is 0 Å². The molecule has 2 heterocycles. The van der Waals surface area contributed by atoms with Crippen molar-refractivity contribution in [3.05, 3.63) is 56.3 Å². The van der Waals surface area contributed by atoms with E-state index in [-0.39, 0.29) is 17.7 Å². The predicted molar refractivity (Wildman–Crippen MR) is 124 cm³/mol. The third-order valence-corrected chi connectivity index (χ3v) is 7.61. The summed E-state index contributed by atoms with van der Waals surface area (Å²) in [4.78, 5) is 41.9. The van der Waals surface area contributed by atoms with Gasteiger partial charge in [-0.3, -0.25) is 9.59 Å².